The quantitative estimate of drug-likeness (QED) is 0.265. The van der Waals surface area contributed by atoms with Gasteiger partial charge in [0.15, 0.2) is 11.8 Å². The van der Waals surface area contributed by atoms with E-state index in [1.807, 2.05) is 36.7 Å². The number of nitrogens with one attached hydrogen (secondary N) is 2. The summed E-state index contributed by atoms with van der Waals surface area (Å²) < 4.78 is 1.95. The predicted octanol–water partition coefficient (Wildman–Crippen LogP) is 3.35. The van der Waals surface area contributed by atoms with Gasteiger partial charge in [-0.3, -0.25) is 0 Å². The molecule has 1 saturated carbocycles. The lowest BCUT2D eigenvalue weighted by Crippen LogP contribution is -2.41. The molecule has 1 aromatic heterocycles. The first-order chi connectivity index (χ1) is 12.5. The Morgan fingerprint density at radius 3 is 2.74 bits per heavy atom. The predicted molar refractivity (Wildman–Crippen MR) is 121 cm³/mol. The first kappa shape index (κ1) is 21.7. The fourth-order valence-electron chi connectivity index (χ4n) is 2.87. The van der Waals surface area contributed by atoms with E-state index in [9.17, 15) is 0 Å². The molecule has 3 rings (SSSR count). The van der Waals surface area contributed by atoms with Crippen LogP contribution in [0.5, 0.6) is 0 Å². The van der Waals surface area contributed by atoms with Crippen LogP contribution < -0.4 is 10.6 Å². The van der Waals surface area contributed by atoms with Crippen molar-refractivity contribution in [3.8, 4) is 0 Å². The zero-order valence-corrected chi connectivity index (χ0v) is 18.8. The van der Waals surface area contributed by atoms with Crippen LogP contribution in [0.4, 0.5) is 0 Å². The number of halogens is 2. The van der Waals surface area contributed by atoms with Gasteiger partial charge in [-0.15, -0.1) is 40.8 Å². The second kappa shape index (κ2) is 9.54. The van der Waals surface area contributed by atoms with Gasteiger partial charge in [0.2, 0.25) is 0 Å². The molecular weight excluding hydrogens is 475 g/mol. The number of aryl methyl sites for hydroxylation is 1. The molecule has 0 atom stereocenters. The third-order valence-electron chi connectivity index (χ3n) is 4.86. The van der Waals surface area contributed by atoms with Crippen LogP contribution in [0, 0.1) is 6.92 Å². The SMILES string of the molecule is C=CCNC(=NCc1nnc(C)n1C)NCC1(c2cccc(Cl)c2)CC1.I. The maximum absolute atomic E-state index is 6.16. The molecule has 0 bridgehead atoms. The van der Waals surface area contributed by atoms with Crippen LogP contribution in [0.3, 0.4) is 0 Å². The smallest absolute Gasteiger partial charge is 0.191 e. The topological polar surface area (TPSA) is 67.1 Å². The molecule has 1 aromatic carbocycles. The van der Waals surface area contributed by atoms with Gasteiger partial charge in [-0.1, -0.05) is 29.8 Å². The fraction of sp³-hybridized carbons (Fsp3) is 0.421. The van der Waals surface area contributed by atoms with Crippen molar-refractivity contribution >= 4 is 41.5 Å². The lowest BCUT2D eigenvalue weighted by molar-refractivity contribution is 0.646. The largest absolute Gasteiger partial charge is 0.355 e. The number of benzene rings is 1. The van der Waals surface area contributed by atoms with Crippen LogP contribution >= 0.6 is 35.6 Å². The molecule has 8 heteroatoms. The Hall–Kier alpha value is -1.61. The van der Waals surface area contributed by atoms with Crippen molar-refractivity contribution in [2.75, 3.05) is 13.1 Å². The average Bonchev–Trinajstić information content (AvgIpc) is 3.37. The summed E-state index contributed by atoms with van der Waals surface area (Å²) in [5.74, 6) is 2.46. The summed E-state index contributed by atoms with van der Waals surface area (Å²) in [6.45, 7) is 7.61. The van der Waals surface area contributed by atoms with Crippen molar-refractivity contribution in [2.45, 2.75) is 31.7 Å². The fourth-order valence-corrected chi connectivity index (χ4v) is 3.06. The van der Waals surface area contributed by atoms with Crippen molar-refractivity contribution in [3.63, 3.8) is 0 Å². The van der Waals surface area contributed by atoms with Gasteiger partial charge in [0, 0.05) is 30.6 Å². The Labute approximate surface area is 182 Å². The van der Waals surface area contributed by atoms with Crippen LogP contribution in [-0.4, -0.2) is 33.8 Å². The van der Waals surface area contributed by atoms with Crippen molar-refractivity contribution in [1.82, 2.24) is 25.4 Å². The Balaban J connectivity index is 0.00000261. The minimum atomic E-state index is 0. The van der Waals surface area contributed by atoms with Crippen LogP contribution in [0.25, 0.3) is 0 Å². The maximum atomic E-state index is 6.16. The molecule has 0 spiro atoms. The van der Waals surface area contributed by atoms with Crippen molar-refractivity contribution in [2.24, 2.45) is 12.0 Å². The standard InChI is InChI=1S/C19H25ClN6.HI/c1-4-10-21-18(22-12-17-25-24-14(2)26(17)3)23-13-19(8-9-19)15-6-5-7-16(20)11-15;/h4-7,11H,1,8-10,12-13H2,2-3H3,(H2,21,22,23);1H. The van der Waals surface area contributed by atoms with E-state index in [0.29, 0.717) is 13.1 Å². The van der Waals surface area contributed by atoms with Gasteiger partial charge in [-0.2, -0.15) is 0 Å². The summed E-state index contributed by atoms with van der Waals surface area (Å²) in [7, 11) is 1.95. The van der Waals surface area contributed by atoms with E-state index in [1.165, 1.54) is 5.56 Å². The van der Waals surface area contributed by atoms with Crippen molar-refractivity contribution in [1.29, 1.82) is 0 Å². The molecular formula is C19H26ClIN6. The van der Waals surface area contributed by atoms with E-state index >= 15 is 0 Å². The molecule has 6 nitrogen and oxygen atoms in total. The zero-order chi connectivity index (χ0) is 18.6. The van der Waals surface area contributed by atoms with Gasteiger partial charge < -0.3 is 15.2 Å². The maximum Gasteiger partial charge on any atom is 0.191 e. The molecule has 0 radical (unpaired) electrons. The molecule has 2 aromatic rings. The molecule has 1 fully saturated rings. The highest BCUT2D eigenvalue weighted by Crippen LogP contribution is 2.48. The Morgan fingerprint density at radius 1 is 1.37 bits per heavy atom. The second-order valence-corrected chi connectivity index (χ2v) is 7.14. The summed E-state index contributed by atoms with van der Waals surface area (Å²) in [4.78, 5) is 4.64. The van der Waals surface area contributed by atoms with E-state index in [-0.39, 0.29) is 29.4 Å². The summed E-state index contributed by atoms with van der Waals surface area (Å²) in [5, 5.41) is 15.7. The van der Waals surface area contributed by atoms with Gasteiger partial charge in [0.1, 0.15) is 12.4 Å². The van der Waals surface area contributed by atoms with Crippen LogP contribution in [0.1, 0.15) is 30.1 Å². The van der Waals surface area contributed by atoms with Crippen LogP contribution in [-0.2, 0) is 19.0 Å². The van der Waals surface area contributed by atoms with Crippen LogP contribution in [0.2, 0.25) is 5.02 Å². The molecule has 1 aliphatic rings. The number of aliphatic imine (C=N–C) groups is 1. The molecule has 0 saturated heterocycles. The van der Waals surface area contributed by atoms with E-state index in [0.717, 1.165) is 42.0 Å². The number of nitrogens with zero attached hydrogens (tertiary/aromatic N) is 4. The number of aromatic nitrogens is 3. The van der Waals surface area contributed by atoms with E-state index in [4.69, 9.17) is 11.6 Å². The zero-order valence-electron chi connectivity index (χ0n) is 15.7. The third-order valence-corrected chi connectivity index (χ3v) is 5.10. The minimum absolute atomic E-state index is 0. The van der Waals surface area contributed by atoms with E-state index < -0.39 is 0 Å². The molecule has 1 heterocycles. The lowest BCUT2D eigenvalue weighted by atomic mass is 9.96. The second-order valence-electron chi connectivity index (χ2n) is 6.70. The number of hydrogen-bond donors (Lipinski definition) is 2. The number of rotatable bonds is 7. The monoisotopic (exact) mass is 500 g/mol. The lowest BCUT2D eigenvalue weighted by Gasteiger charge is -2.19. The summed E-state index contributed by atoms with van der Waals surface area (Å²) in [6.07, 6.45) is 4.11. The molecule has 0 unspecified atom stereocenters. The molecule has 146 valence electrons. The normalized spacial score (nSPS) is 15.0. The average molecular weight is 501 g/mol. The molecule has 0 amide bonds. The van der Waals surface area contributed by atoms with Gasteiger partial charge >= 0.3 is 0 Å². The Morgan fingerprint density at radius 2 is 2.15 bits per heavy atom. The van der Waals surface area contributed by atoms with E-state index in [1.54, 1.807) is 0 Å². The van der Waals surface area contributed by atoms with Crippen LogP contribution in [0.15, 0.2) is 41.9 Å². The highest BCUT2D eigenvalue weighted by molar-refractivity contribution is 14.0. The van der Waals surface area contributed by atoms with Crippen molar-refractivity contribution < 1.29 is 0 Å². The van der Waals surface area contributed by atoms with Gasteiger partial charge in [0.05, 0.1) is 0 Å². The Kier molecular flexibility index (Phi) is 7.67. The number of hydrogen-bond acceptors (Lipinski definition) is 3. The first-order valence-corrected chi connectivity index (χ1v) is 9.16. The third kappa shape index (κ3) is 5.44. The molecule has 1 aliphatic carbocycles. The molecule has 27 heavy (non-hydrogen) atoms. The molecule has 0 aliphatic heterocycles. The van der Waals surface area contributed by atoms with Gasteiger partial charge in [-0.05, 0) is 37.5 Å². The van der Waals surface area contributed by atoms with Gasteiger partial charge in [0.25, 0.3) is 0 Å². The molecule has 2 N–H and O–H groups in total. The Bertz CT molecular complexity index is 812. The number of guanidine groups is 1. The van der Waals surface area contributed by atoms with Gasteiger partial charge in [-0.25, -0.2) is 4.99 Å². The summed E-state index contributed by atoms with van der Waals surface area (Å²) >= 11 is 6.16. The summed E-state index contributed by atoms with van der Waals surface area (Å²) in [6, 6.07) is 8.14. The van der Waals surface area contributed by atoms with Crippen molar-refractivity contribution in [3.05, 3.63) is 59.2 Å². The highest BCUT2D eigenvalue weighted by Gasteiger charge is 2.44. The highest BCUT2D eigenvalue weighted by atomic mass is 127. The minimum Gasteiger partial charge on any atom is -0.355 e. The summed E-state index contributed by atoms with van der Waals surface area (Å²) in [5.41, 5.74) is 1.42. The first-order valence-electron chi connectivity index (χ1n) is 8.78. The van der Waals surface area contributed by atoms with E-state index in [2.05, 4.69) is 44.5 Å².